The molecule has 0 spiro atoms. The predicted molar refractivity (Wildman–Crippen MR) is 82.1 cm³/mol. The molecule has 23 heavy (non-hydrogen) atoms. The molecule has 0 aliphatic heterocycles. The van der Waals surface area contributed by atoms with Crippen molar-refractivity contribution in [1.82, 2.24) is 4.98 Å². The number of aromatic carboxylic acids is 1. The number of carboxylic acids is 1. The van der Waals surface area contributed by atoms with Crippen molar-refractivity contribution in [3.05, 3.63) is 47.4 Å². The van der Waals surface area contributed by atoms with E-state index in [1.165, 1.54) is 19.4 Å². The van der Waals surface area contributed by atoms with E-state index in [1.54, 1.807) is 6.07 Å². The molecule has 0 aliphatic rings. The Morgan fingerprint density at radius 2 is 2.22 bits per heavy atom. The Hall–Kier alpha value is -2.52. The minimum absolute atomic E-state index is 0.101. The zero-order valence-corrected chi connectivity index (χ0v) is 12.9. The molecule has 1 unspecified atom stereocenters. The number of ether oxygens (including phenoxy) is 1. The summed E-state index contributed by atoms with van der Waals surface area (Å²) in [5.74, 6) is -2.13. The summed E-state index contributed by atoms with van der Waals surface area (Å²) in [5, 5.41) is 8.91. The Morgan fingerprint density at radius 3 is 2.83 bits per heavy atom. The monoisotopic (exact) mass is 339 g/mol. The third kappa shape index (κ3) is 3.82. The summed E-state index contributed by atoms with van der Waals surface area (Å²) < 4.78 is 33.4. The van der Waals surface area contributed by atoms with Crippen molar-refractivity contribution in [2.75, 3.05) is 11.8 Å². The van der Waals surface area contributed by atoms with E-state index in [2.05, 4.69) is 9.71 Å². The van der Waals surface area contributed by atoms with Gasteiger partial charge >= 0.3 is 5.97 Å². The van der Waals surface area contributed by atoms with Gasteiger partial charge in [-0.15, -0.1) is 0 Å². The number of hydrogen-bond donors (Lipinski definition) is 3. The molecule has 0 bridgehead atoms. The molecule has 0 radical (unpaired) electrons. The molecule has 1 aromatic carbocycles. The fourth-order valence-corrected chi connectivity index (χ4v) is 2.67. The van der Waals surface area contributed by atoms with Crippen LogP contribution in [0, 0.1) is 5.82 Å². The second-order valence-electron chi connectivity index (χ2n) is 4.42. The molecule has 9 heteroatoms. The molecule has 1 heterocycles. The molecular formula is C14H14FN3O4S. The topological polar surface area (TPSA) is 115 Å². The number of nitrogens with two attached hydrogens (primary N) is 1. The lowest BCUT2D eigenvalue weighted by Gasteiger charge is -2.11. The molecule has 0 aliphatic carbocycles. The normalized spacial score (nSPS) is 11.8. The van der Waals surface area contributed by atoms with Gasteiger partial charge in [-0.1, -0.05) is 0 Å². The zero-order valence-electron chi connectivity index (χ0n) is 12.1. The van der Waals surface area contributed by atoms with E-state index in [0.717, 1.165) is 12.1 Å². The van der Waals surface area contributed by atoms with Gasteiger partial charge in [0, 0.05) is 12.7 Å². The number of hydrogen-bond acceptors (Lipinski definition) is 5. The highest BCUT2D eigenvalue weighted by atomic mass is 32.2. The Bertz CT molecular complexity index is 770. The lowest BCUT2D eigenvalue weighted by molar-refractivity contribution is 0.0691. The Kier molecular flexibility index (Phi) is 5.24. The highest BCUT2D eigenvalue weighted by molar-refractivity contribution is 7.86. The minimum Gasteiger partial charge on any atom is -0.480 e. The quantitative estimate of drug-likeness (QED) is 0.735. The Balaban J connectivity index is 2.32. The van der Waals surface area contributed by atoms with Gasteiger partial charge < -0.3 is 15.6 Å². The molecule has 7 nitrogen and oxygen atoms in total. The molecule has 0 saturated heterocycles. The van der Waals surface area contributed by atoms with Gasteiger partial charge in [-0.05, 0) is 29.8 Å². The van der Waals surface area contributed by atoms with E-state index < -0.39 is 28.3 Å². The molecule has 2 aromatic rings. The largest absolute Gasteiger partial charge is 0.480 e. The van der Waals surface area contributed by atoms with Gasteiger partial charge in [0.1, 0.15) is 22.5 Å². The van der Waals surface area contributed by atoms with E-state index in [1.807, 2.05) is 0 Å². The fraction of sp³-hybridized carbons (Fsp3) is 0.143. The number of methoxy groups -OCH3 is 1. The summed E-state index contributed by atoms with van der Waals surface area (Å²) in [6.45, 7) is 0.234. The van der Waals surface area contributed by atoms with Crippen molar-refractivity contribution in [3.63, 3.8) is 0 Å². The molecule has 1 atom stereocenters. The van der Waals surface area contributed by atoms with Gasteiger partial charge in [0.05, 0.1) is 17.6 Å². The molecule has 2 rings (SSSR count). The second-order valence-corrected chi connectivity index (χ2v) is 5.64. The van der Waals surface area contributed by atoms with Crippen LogP contribution in [0.15, 0.2) is 35.4 Å². The van der Waals surface area contributed by atoms with Crippen LogP contribution in [-0.4, -0.2) is 27.4 Å². The van der Waals surface area contributed by atoms with Crippen LogP contribution in [0.1, 0.15) is 15.9 Å². The van der Waals surface area contributed by atoms with Crippen molar-refractivity contribution in [2.45, 2.75) is 11.4 Å². The van der Waals surface area contributed by atoms with E-state index >= 15 is 0 Å². The van der Waals surface area contributed by atoms with Gasteiger partial charge in [0.25, 0.3) is 0 Å². The number of aromatic nitrogens is 1. The number of benzene rings is 1. The van der Waals surface area contributed by atoms with Gasteiger partial charge in [0.15, 0.2) is 0 Å². The van der Waals surface area contributed by atoms with E-state index in [9.17, 15) is 13.4 Å². The van der Waals surface area contributed by atoms with Gasteiger partial charge in [-0.3, -0.25) is 4.72 Å². The van der Waals surface area contributed by atoms with Crippen molar-refractivity contribution in [1.29, 1.82) is 0 Å². The Morgan fingerprint density at radius 1 is 1.48 bits per heavy atom. The standard InChI is InChI=1S/C14H14FN3O4S/c1-22-13-12(4-8(6-16)7-17-13)18-23(21)9-2-3-11(15)10(5-9)14(19)20/h2-5,7,18H,6,16H2,1H3,(H,19,20). The highest BCUT2D eigenvalue weighted by Gasteiger charge is 2.15. The summed E-state index contributed by atoms with van der Waals surface area (Å²) in [5.41, 5.74) is 5.99. The first-order valence-corrected chi connectivity index (χ1v) is 7.55. The average Bonchev–Trinajstić information content (AvgIpc) is 2.54. The van der Waals surface area contributed by atoms with E-state index in [-0.39, 0.29) is 17.3 Å². The molecule has 122 valence electrons. The van der Waals surface area contributed by atoms with Crippen molar-refractivity contribution in [3.8, 4) is 5.88 Å². The first-order chi connectivity index (χ1) is 11.0. The van der Waals surface area contributed by atoms with Crippen LogP contribution < -0.4 is 15.2 Å². The van der Waals surface area contributed by atoms with Gasteiger partial charge in [-0.2, -0.15) is 0 Å². The van der Waals surface area contributed by atoms with Gasteiger partial charge in [-0.25, -0.2) is 18.4 Å². The number of carbonyl (C=O) groups is 1. The number of halogens is 1. The molecule has 4 N–H and O–H groups in total. The molecule has 0 fully saturated rings. The first kappa shape index (κ1) is 16.8. The average molecular weight is 339 g/mol. The van der Waals surface area contributed by atoms with Crippen LogP contribution in [0.4, 0.5) is 10.1 Å². The number of rotatable bonds is 6. The van der Waals surface area contributed by atoms with Crippen LogP contribution in [-0.2, 0) is 17.5 Å². The minimum atomic E-state index is -1.83. The maximum Gasteiger partial charge on any atom is 0.338 e. The number of nitrogens with zero attached hydrogens (tertiary/aromatic N) is 1. The van der Waals surface area contributed by atoms with E-state index in [0.29, 0.717) is 11.3 Å². The van der Waals surface area contributed by atoms with Crippen LogP contribution in [0.2, 0.25) is 0 Å². The van der Waals surface area contributed by atoms with Crippen LogP contribution in [0.5, 0.6) is 5.88 Å². The maximum absolute atomic E-state index is 13.4. The summed E-state index contributed by atoms with van der Waals surface area (Å²) >= 11 is 0. The number of carboxylic acid groups (broad SMARTS) is 1. The maximum atomic E-state index is 13.4. The predicted octanol–water partition coefficient (Wildman–Crippen LogP) is 1.52. The van der Waals surface area contributed by atoms with Crippen molar-refractivity contribution < 1.29 is 23.2 Å². The number of pyridine rings is 1. The molecule has 0 saturated carbocycles. The molecule has 1 aromatic heterocycles. The summed E-state index contributed by atoms with van der Waals surface area (Å²) in [4.78, 5) is 15.1. The smallest absolute Gasteiger partial charge is 0.338 e. The van der Waals surface area contributed by atoms with Gasteiger partial charge in [0.2, 0.25) is 5.88 Å². The third-order valence-corrected chi connectivity index (χ3v) is 4.01. The zero-order chi connectivity index (χ0) is 17.0. The second kappa shape index (κ2) is 7.16. The Labute approximate surface area is 133 Å². The van der Waals surface area contributed by atoms with Crippen LogP contribution >= 0.6 is 0 Å². The fourth-order valence-electron chi connectivity index (χ4n) is 1.79. The number of nitrogens with one attached hydrogen (secondary N) is 1. The van der Waals surface area contributed by atoms with Crippen LogP contribution in [0.25, 0.3) is 0 Å². The molecule has 0 amide bonds. The highest BCUT2D eigenvalue weighted by Crippen LogP contribution is 2.24. The summed E-state index contributed by atoms with van der Waals surface area (Å²) in [6.07, 6.45) is 1.52. The summed E-state index contributed by atoms with van der Waals surface area (Å²) in [6, 6.07) is 4.81. The summed E-state index contributed by atoms with van der Waals surface area (Å²) in [7, 11) is -0.431. The first-order valence-electron chi connectivity index (χ1n) is 6.40. The molecular weight excluding hydrogens is 325 g/mol. The van der Waals surface area contributed by atoms with Crippen LogP contribution in [0.3, 0.4) is 0 Å². The third-order valence-electron chi connectivity index (χ3n) is 2.92. The SMILES string of the molecule is COc1ncc(CN)cc1NS(=O)c1ccc(F)c(C(=O)O)c1. The lowest BCUT2D eigenvalue weighted by Crippen LogP contribution is -2.10. The number of anilines is 1. The van der Waals surface area contributed by atoms with Crippen molar-refractivity contribution >= 4 is 22.6 Å². The van der Waals surface area contributed by atoms with Crippen molar-refractivity contribution in [2.24, 2.45) is 5.73 Å². The van der Waals surface area contributed by atoms with E-state index in [4.69, 9.17) is 15.6 Å². The lowest BCUT2D eigenvalue weighted by atomic mass is 10.2.